The van der Waals surface area contributed by atoms with Crippen LogP contribution in [-0.2, 0) is 11.3 Å². The highest BCUT2D eigenvalue weighted by molar-refractivity contribution is 7.12. The lowest BCUT2D eigenvalue weighted by molar-refractivity contribution is -0.132. The van der Waals surface area contributed by atoms with Crippen LogP contribution >= 0.6 is 11.3 Å². The zero-order valence-corrected chi connectivity index (χ0v) is 16.6. The Morgan fingerprint density at radius 3 is 2.48 bits per heavy atom. The van der Waals surface area contributed by atoms with E-state index in [-0.39, 0.29) is 18.4 Å². The van der Waals surface area contributed by atoms with Gasteiger partial charge in [0.15, 0.2) is 0 Å². The van der Waals surface area contributed by atoms with Crippen molar-refractivity contribution in [3.63, 3.8) is 0 Å². The van der Waals surface area contributed by atoms with Crippen molar-refractivity contribution in [1.29, 1.82) is 0 Å². The molecule has 1 N–H and O–H groups in total. The van der Waals surface area contributed by atoms with E-state index >= 15 is 0 Å². The highest BCUT2D eigenvalue weighted by atomic mass is 32.1. The quantitative estimate of drug-likeness (QED) is 0.825. The lowest BCUT2D eigenvalue weighted by Gasteiger charge is -2.30. The molecule has 2 heterocycles. The molecule has 0 radical (unpaired) electrons. The van der Waals surface area contributed by atoms with E-state index in [0.29, 0.717) is 24.5 Å². The van der Waals surface area contributed by atoms with E-state index in [1.165, 1.54) is 11.3 Å². The summed E-state index contributed by atoms with van der Waals surface area (Å²) in [5.41, 5.74) is 1.91. The number of methoxy groups -OCH3 is 1. The summed E-state index contributed by atoms with van der Waals surface area (Å²) >= 11 is 1.42. The number of thiophene rings is 1. The summed E-state index contributed by atoms with van der Waals surface area (Å²) in [6.45, 7) is 5.35. The molecule has 0 atom stereocenters. The minimum absolute atomic E-state index is 0.00688. The molecule has 0 bridgehead atoms. The summed E-state index contributed by atoms with van der Waals surface area (Å²) in [4.78, 5) is 30.0. The number of amides is 2. The van der Waals surface area contributed by atoms with Gasteiger partial charge in [0.25, 0.3) is 5.91 Å². The fraction of sp³-hybridized carbons (Fsp3) is 0.400. The van der Waals surface area contributed by atoms with Gasteiger partial charge >= 0.3 is 0 Å². The SMILES string of the molecule is COc1ccc(CN(CC(=O)N2CCNCC2)C(=O)c2sccc2C)cc1. The zero-order valence-electron chi connectivity index (χ0n) is 15.7. The largest absolute Gasteiger partial charge is 0.497 e. The molecule has 3 rings (SSSR count). The van der Waals surface area contributed by atoms with Gasteiger partial charge in [0.2, 0.25) is 5.91 Å². The molecule has 144 valence electrons. The molecule has 6 nitrogen and oxygen atoms in total. The molecule has 0 spiro atoms. The number of carbonyl (C=O) groups is 2. The topological polar surface area (TPSA) is 61.9 Å². The van der Waals surface area contributed by atoms with Crippen LogP contribution in [0.15, 0.2) is 35.7 Å². The van der Waals surface area contributed by atoms with E-state index in [1.54, 1.807) is 12.0 Å². The van der Waals surface area contributed by atoms with E-state index in [4.69, 9.17) is 4.74 Å². The third-order valence-corrected chi connectivity index (χ3v) is 5.68. The van der Waals surface area contributed by atoms with Crippen molar-refractivity contribution in [2.24, 2.45) is 0 Å². The number of rotatable bonds is 6. The molecule has 0 saturated carbocycles. The van der Waals surface area contributed by atoms with Crippen LogP contribution in [0, 0.1) is 6.92 Å². The Morgan fingerprint density at radius 2 is 1.89 bits per heavy atom. The van der Waals surface area contributed by atoms with Gasteiger partial charge in [-0.1, -0.05) is 12.1 Å². The van der Waals surface area contributed by atoms with Crippen LogP contribution in [0.2, 0.25) is 0 Å². The molecular formula is C20H25N3O3S. The smallest absolute Gasteiger partial charge is 0.264 e. The highest BCUT2D eigenvalue weighted by Crippen LogP contribution is 2.20. The Labute approximate surface area is 163 Å². The first kappa shape index (κ1) is 19.4. The molecule has 0 unspecified atom stereocenters. The van der Waals surface area contributed by atoms with Crippen molar-refractivity contribution in [1.82, 2.24) is 15.1 Å². The van der Waals surface area contributed by atoms with Gasteiger partial charge in [-0.2, -0.15) is 0 Å². The van der Waals surface area contributed by atoms with Crippen LogP contribution in [0.25, 0.3) is 0 Å². The Kier molecular flexibility index (Phi) is 6.47. The molecule has 7 heteroatoms. The van der Waals surface area contributed by atoms with E-state index in [1.807, 2.05) is 47.5 Å². The molecule has 0 aliphatic carbocycles. The minimum Gasteiger partial charge on any atom is -0.497 e. The Bertz CT molecular complexity index is 782. The van der Waals surface area contributed by atoms with Crippen molar-refractivity contribution < 1.29 is 14.3 Å². The van der Waals surface area contributed by atoms with E-state index in [0.717, 1.165) is 30.0 Å². The van der Waals surface area contributed by atoms with Crippen LogP contribution < -0.4 is 10.1 Å². The van der Waals surface area contributed by atoms with Gasteiger partial charge in [0.05, 0.1) is 12.0 Å². The van der Waals surface area contributed by atoms with E-state index in [2.05, 4.69) is 5.32 Å². The normalized spacial score (nSPS) is 14.1. The molecule has 27 heavy (non-hydrogen) atoms. The van der Waals surface area contributed by atoms with Crippen LogP contribution in [-0.4, -0.2) is 61.4 Å². The maximum atomic E-state index is 13.1. The number of benzene rings is 1. The monoisotopic (exact) mass is 387 g/mol. The molecule has 1 aliphatic heterocycles. The first-order valence-corrected chi connectivity index (χ1v) is 9.91. The third kappa shape index (κ3) is 4.87. The molecule has 2 aromatic rings. The number of carbonyl (C=O) groups excluding carboxylic acids is 2. The van der Waals surface area contributed by atoms with Crippen molar-refractivity contribution in [3.05, 3.63) is 51.7 Å². The van der Waals surface area contributed by atoms with Crippen molar-refractivity contribution in [2.75, 3.05) is 39.8 Å². The van der Waals surface area contributed by atoms with Crippen molar-refractivity contribution in [3.8, 4) is 5.75 Å². The zero-order chi connectivity index (χ0) is 19.2. The van der Waals surface area contributed by atoms with Gasteiger partial charge in [-0.25, -0.2) is 0 Å². The average molecular weight is 388 g/mol. The second kappa shape index (κ2) is 9.01. The first-order chi connectivity index (χ1) is 13.1. The van der Waals surface area contributed by atoms with Crippen molar-refractivity contribution in [2.45, 2.75) is 13.5 Å². The highest BCUT2D eigenvalue weighted by Gasteiger charge is 2.25. The standard InChI is InChI=1S/C20H25N3O3S/c1-15-7-12-27-19(15)20(25)23(13-16-3-5-17(26-2)6-4-16)14-18(24)22-10-8-21-9-11-22/h3-7,12,21H,8-11,13-14H2,1-2H3. The molecule has 1 fully saturated rings. The van der Waals surface area contributed by atoms with Gasteiger partial charge in [0, 0.05) is 32.7 Å². The second-order valence-electron chi connectivity index (χ2n) is 6.57. The number of hydrogen-bond acceptors (Lipinski definition) is 5. The molecule has 2 amide bonds. The number of nitrogens with zero attached hydrogens (tertiary/aromatic N) is 2. The summed E-state index contributed by atoms with van der Waals surface area (Å²) in [6, 6.07) is 9.52. The number of piperazine rings is 1. The molecular weight excluding hydrogens is 362 g/mol. The number of nitrogens with one attached hydrogen (secondary N) is 1. The maximum Gasteiger partial charge on any atom is 0.264 e. The predicted molar refractivity (Wildman–Crippen MR) is 106 cm³/mol. The Balaban J connectivity index is 1.77. The third-order valence-electron chi connectivity index (χ3n) is 4.67. The van der Waals surface area contributed by atoms with Gasteiger partial charge < -0.3 is 19.9 Å². The van der Waals surface area contributed by atoms with E-state index < -0.39 is 0 Å². The summed E-state index contributed by atoms with van der Waals surface area (Å²) < 4.78 is 5.19. The molecule has 1 aromatic heterocycles. The molecule has 1 aromatic carbocycles. The lowest BCUT2D eigenvalue weighted by Crippen LogP contribution is -2.50. The van der Waals surface area contributed by atoms with Crippen LogP contribution in [0.3, 0.4) is 0 Å². The maximum absolute atomic E-state index is 13.1. The predicted octanol–water partition coefficient (Wildman–Crippen LogP) is 2.14. The second-order valence-corrected chi connectivity index (χ2v) is 7.49. The number of ether oxygens (including phenoxy) is 1. The summed E-state index contributed by atoms with van der Waals surface area (Å²) in [7, 11) is 1.62. The van der Waals surface area contributed by atoms with Crippen LogP contribution in [0.1, 0.15) is 20.8 Å². The summed E-state index contributed by atoms with van der Waals surface area (Å²) in [5, 5.41) is 5.15. The summed E-state index contributed by atoms with van der Waals surface area (Å²) in [5.74, 6) is 0.664. The first-order valence-electron chi connectivity index (χ1n) is 9.03. The summed E-state index contributed by atoms with van der Waals surface area (Å²) in [6.07, 6.45) is 0. The number of hydrogen-bond donors (Lipinski definition) is 1. The van der Waals surface area contributed by atoms with Gasteiger partial charge in [-0.05, 0) is 41.6 Å². The fourth-order valence-corrected chi connectivity index (χ4v) is 3.96. The van der Waals surface area contributed by atoms with E-state index in [9.17, 15) is 9.59 Å². The lowest BCUT2D eigenvalue weighted by atomic mass is 10.2. The fourth-order valence-electron chi connectivity index (χ4n) is 3.06. The van der Waals surface area contributed by atoms with Gasteiger partial charge in [0.1, 0.15) is 12.3 Å². The van der Waals surface area contributed by atoms with Gasteiger partial charge in [-0.3, -0.25) is 9.59 Å². The minimum atomic E-state index is -0.0956. The number of aryl methyl sites for hydroxylation is 1. The van der Waals surface area contributed by atoms with Crippen LogP contribution in [0.4, 0.5) is 0 Å². The van der Waals surface area contributed by atoms with Gasteiger partial charge in [-0.15, -0.1) is 11.3 Å². The Morgan fingerprint density at radius 1 is 1.19 bits per heavy atom. The van der Waals surface area contributed by atoms with Crippen LogP contribution in [0.5, 0.6) is 5.75 Å². The average Bonchev–Trinajstić information content (AvgIpc) is 3.14. The molecule has 1 saturated heterocycles. The molecule has 1 aliphatic rings. The Hall–Kier alpha value is -2.38. The van der Waals surface area contributed by atoms with Crippen molar-refractivity contribution >= 4 is 23.2 Å².